The number of methoxy groups -OCH3 is 2. The number of carbonyl (C=O) groups is 2. The lowest BCUT2D eigenvalue weighted by Crippen LogP contribution is -2.58. The van der Waals surface area contributed by atoms with Gasteiger partial charge in [0.25, 0.3) is 0 Å². The number of hydrogen-bond donors (Lipinski definition) is 2. The number of piperazine rings is 1. The van der Waals surface area contributed by atoms with Crippen molar-refractivity contribution in [2.45, 2.75) is 23.8 Å². The Morgan fingerprint density at radius 1 is 1.12 bits per heavy atom. The first kappa shape index (κ1) is 23.6. The monoisotopic (exact) mass is 461 g/mol. The zero-order valence-corrected chi connectivity index (χ0v) is 18.9. The van der Waals surface area contributed by atoms with E-state index >= 15 is 0 Å². The summed E-state index contributed by atoms with van der Waals surface area (Å²) in [6, 6.07) is 12.3. The number of amides is 2. The standard InChI is InChI=1S/C22H27N3O6S/c1-30-19-9-8-16(14-20(19)31-2)10-11-23-21(26)15-18-22(27)24-12-13-25(18)32(28,29)17-6-4-3-5-7-17/h3-9,14,18H,10-13,15H2,1-2H3,(H,23,26)(H,24,27). The average Bonchev–Trinajstić information content (AvgIpc) is 2.80. The number of nitrogens with one attached hydrogen (secondary N) is 2. The largest absolute Gasteiger partial charge is 0.493 e. The summed E-state index contributed by atoms with van der Waals surface area (Å²) >= 11 is 0. The lowest BCUT2D eigenvalue weighted by atomic mass is 10.1. The van der Waals surface area contributed by atoms with Crippen molar-refractivity contribution in [2.24, 2.45) is 0 Å². The van der Waals surface area contributed by atoms with E-state index in [9.17, 15) is 18.0 Å². The maximum Gasteiger partial charge on any atom is 0.243 e. The molecule has 0 bridgehead atoms. The molecule has 1 unspecified atom stereocenters. The van der Waals surface area contributed by atoms with Crippen molar-refractivity contribution < 1.29 is 27.5 Å². The van der Waals surface area contributed by atoms with Crippen molar-refractivity contribution in [3.8, 4) is 11.5 Å². The van der Waals surface area contributed by atoms with Crippen molar-refractivity contribution in [2.75, 3.05) is 33.9 Å². The van der Waals surface area contributed by atoms with Crippen LogP contribution in [0.1, 0.15) is 12.0 Å². The van der Waals surface area contributed by atoms with E-state index in [4.69, 9.17) is 9.47 Å². The Balaban J connectivity index is 1.63. The minimum absolute atomic E-state index is 0.0913. The zero-order valence-electron chi connectivity index (χ0n) is 18.0. The summed E-state index contributed by atoms with van der Waals surface area (Å²) in [5, 5.41) is 5.41. The molecule has 3 rings (SSSR count). The van der Waals surface area contributed by atoms with Crippen LogP contribution < -0.4 is 20.1 Å². The van der Waals surface area contributed by atoms with Gasteiger partial charge in [-0.3, -0.25) is 9.59 Å². The third kappa shape index (κ3) is 5.38. The molecule has 1 fully saturated rings. The molecule has 9 nitrogen and oxygen atoms in total. The molecule has 0 saturated carbocycles. The van der Waals surface area contributed by atoms with Gasteiger partial charge in [-0.2, -0.15) is 4.31 Å². The quantitative estimate of drug-likeness (QED) is 0.575. The summed E-state index contributed by atoms with van der Waals surface area (Å²) in [5.74, 6) is 0.326. The third-order valence-corrected chi connectivity index (χ3v) is 7.12. The van der Waals surface area contributed by atoms with E-state index in [1.165, 1.54) is 12.1 Å². The number of rotatable bonds is 9. The average molecular weight is 462 g/mol. The summed E-state index contributed by atoms with van der Waals surface area (Å²) in [5.41, 5.74) is 0.937. The molecule has 172 valence electrons. The van der Waals surface area contributed by atoms with Crippen LogP contribution in [-0.2, 0) is 26.0 Å². The lowest BCUT2D eigenvalue weighted by Gasteiger charge is -2.33. The predicted octanol–water partition coefficient (Wildman–Crippen LogP) is 0.942. The molecule has 0 aromatic heterocycles. The van der Waals surface area contributed by atoms with E-state index < -0.39 is 27.9 Å². The normalized spacial score (nSPS) is 16.8. The Hall–Kier alpha value is -3.11. The second-order valence-corrected chi connectivity index (χ2v) is 9.12. The summed E-state index contributed by atoms with van der Waals surface area (Å²) < 4.78 is 37.7. The van der Waals surface area contributed by atoms with Crippen LogP contribution in [0, 0.1) is 0 Å². The highest BCUT2D eigenvalue weighted by molar-refractivity contribution is 7.89. The number of hydrogen-bond acceptors (Lipinski definition) is 6. The molecule has 2 aromatic rings. The van der Waals surface area contributed by atoms with Crippen molar-refractivity contribution in [1.29, 1.82) is 0 Å². The molecule has 10 heteroatoms. The third-order valence-electron chi connectivity index (χ3n) is 5.19. The second-order valence-electron chi connectivity index (χ2n) is 7.23. The molecule has 2 N–H and O–H groups in total. The minimum atomic E-state index is -3.90. The van der Waals surface area contributed by atoms with Gasteiger partial charge < -0.3 is 20.1 Å². The molecule has 1 aliphatic heterocycles. The van der Waals surface area contributed by atoms with E-state index in [-0.39, 0.29) is 24.4 Å². The van der Waals surface area contributed by atoms with Gasteiger partial charge >= 0.3 is 0 Å². The summed E-state index contributed by atoms with van der Waals surface area (Å²) in [6.07, 6.45) is 0.277. The lowest BCUT2D eigenvalue weighted by molar-refractivity contribution is -0.131. The summed E-state index contributed by atoms with van der Waals surface area (Å²) in [7, 11) is -0.795. The Bertz CT molecular complexity index is 1060. The molecule has 1 atom stereocenters. The van der Waals surface area contributed by atoms with Crippen molar-refractivity contribution in [3.05, 3.63) is 54.1 Å². The topological polar surface area (TPSA) is 114 Å². The van der Waals surface area contributed by atoms with Crippen molar-refractivity contribution >= 4 is 21.8 Å². The van der Waals surface area contributed by atoms with Crippen LogP contribution in [-0.4, -0.2) is 64.4 Å². The number of benzene rings is 2. The fourth-order valence-corrected chi connectivity index (χ4v) is 5.14. The Morgan fingerprint density at radius 3 is 2.53 bits per heavy atom. The predicted molar refractivity (Wildman–Crippen MR) is 118 cm³/mol. The highest BCUT2D eigenvalue weighted by atomic mass is 32.2. The number of carbonyl (C=O) groups excluding carboxylic acids is 2. The molecule has 0 aliphatic carbocycles. The van der Waals surface area contributed by atoms with Crippen LogP contribution in [0.3, 0.4) is 0 Å². The van der Waals surface area contributed by atoms with Crippen LogP contribution in [0.5, 0.6) is 11.5 Å². The first-order valence-corrected chi connectivity index (χ1v) is 11.6. The molecular weight excluding hydrogens is 434 g/mol. The molecule has 0 radical (unpaired) electrons. The summed E-state index contributed by atoms with van der Waals surface area (Å²) in [4.78, 5) is 25.0. The Kier molecular flexibility index (Phi) is 7.70. The number of nitrogens with zero attached hydrogens (tertiary/aromatic N) is 1. The van der Waals surface area contributed by atoms with E-state index in [1.54, 1.807) is 38.5 Å². The van der Waals surface area contributed by atoms with Gasteiger partial charge in [-0.1, -0.05) is 24.3 Å². The molecule has 1 heterocycles. The molecule has 2 amide bonds. The molecule has 32 heavy (non-hydrogen) atoms. The van der Waals surface area contributed by atoms with Crippen molar-refractivity contribution in [3.63, 3.8) is 0 Å². The maximum absolute atomic E-state index is 13.0. The van der Waals surface area contributed by atoms with Crippen LogP contribution in [0.4, 0.5) is 0 Å². The Labute approximate surface area is 187 Å². The van der Waals surface area contributed by atoms with Crippen LogP contribution in [0.2, 0.25) is 0 Å². The summed E-state index contributed by atoms with van der Waals surface area (Å²) in [6.45, 7) is 0.628. The first-order chi connectivity index (χ1) is 15.4. The van der Waals surface area contributed by atoms with Gasteiger partial charge in [0.05, 0.1) is 25.5 Å². The molecule has 1 saturated heterocycles. The highest BCUT2D eigenvalue weighted by Gasteiger charge is 2.39. The second kappa shape index (κ2) is 10.5. The van der Waals surface area contributed by atoms with E-state index in [2.05, 4.69) is 10.6 Å². The van der Waals surface area contributed by atoms with Crippen LogP contribution >= 0.6 is 0 Å². The van der Waals surface area contributed by atoms with E-state index in [1.807, 2.05) is 12.1 Å². The molecule has 0 spiro atoms. The van der Waals surface area contributed by atoms with Gasteiger partial charge in [0.1, 0.15) is 6.04 Å². The highest BCUT2D eigenvalue weighted by Crippen LogP contribution is 2.27. The zero-order chi connectivity index (χ0) is 23.1. The van der Waals surface area contributed by atoms with Gasteiger partial charge in [0, 0.05) is 19.6 Å². The van der Waals surface area contributed by atoms with Gasteiger partial charge in [-0.15, -0.1) is 0 Å². The SMILES string of the molecule is COc1ccc(CCNC(=O)CC2C(=O)NCCN2S(=O)(=O)c2ccccc2)cc1OC. The number of ether oxygens (including phenoxy) is 2. The van der Waals surface area contributed by atoms with Gasteiger partial charge in [-0.05, 0) is 36.2 Å². The smallest absolute Gasteiger partial charge is 0.243 e. The Morgan fingerprint density at radius 2 is 1.84 bits per heavy atom. The first-order valence-electron chi connectivity index (χ1n) is 10.2. The van der Waals surface area contributed by atoms with Gasteiger partial charge in [0.15, 0.2) is 11.5 Å². The molecule has 2 aromatic carbocycles. The fourth-order valence-electron chi connectivity index (χ4n) is 3.53. The van der Waals surface area contributed by atoms with Gasteiger partial charge in [-0.25, -0.2) is 8.42 Å². The maximum atomic E-state index is 13.0. The minimum Gasteiger partial charge on any atom is -0.493 e. The molecule has 1 aliphatic rings. The number of sulfonamides is 1. The molecular formula is C22H27N3O6S. The fraction of sp³-hybridized carbons (Fsp3) is 0.364. The van der Waals surface area contributed by atoms with Gasteiger partial charge in [0.2, 0.25) is 21.8 Å². The van der Waals surface area contributed by atoms with Crippen LogP contribution in [0.15, 0.2) is 53.4 Å². The van der Waals surface area contributed by atoms with Crippen molar-refractivity contribution in [1.82, 2.24) is 14.9 Å². The van der Waals surface area contributed by atoms with Crippen LogP contribution in [0.25, 0.3) is 0 Å². The van der Waals surface area contributed by atoms with E-state index in [0.29, 0.717) is 24.5 Å². The van der Waals surface area contributed by atoms with E-state index in [0.717, 1.165) is 9.87 Å².